The third-order valence-electron chi connectivity index (χ3n) is 4.82. The van der Waals surface area contributed by atoms with Crippen molar-refractivity contribution in [3.05, 3.63) is 39.7 Å². The first-order valence-corrected chi connectivity index (χ1v) is 8.03. The molecule has 1 aromatic carbocycles. The lowest BCUT2D eigenvalue weighted by Crippen LogP contribution is -2.38. The van der Waals surface area contributed by atoms with Gasteiger partial charge < -0.3 is 9.72 Å². The minimum absolute atomic E-state index is 0.128. The molecule has 0 radical (unpaired) electrons. The van der Waals surface area contributed by atoms with Crippen LogP contribution in [-0.4, -0.2) is 29.6 Å². The van der Waals surface area contributed by atoms with Crippen molar-refractivity contribution in [1.82, 2.24) is 9.88 Å². The number of hydrogen-bond donors (Lipinski definition) is 1. The average molecular weight is 300 g/mol. The van der Waals surface area contributed by atoms with Gasteiger partial charge in [0, 0.05) is 34.7 Å². The first-order chi connectivity index (χ1) is 10.6. The quantitative estimate of drug-likeness (QED) is 0.946. The number of benzene rings is 1. The molecule has 1 saturated heterocycles. The molecule has 0 amide bonds. The number of likely N-dealkylation sites (tertiary alicyclic amines) is 1. The second-order valence-electron chi connectivity index (χ2n) is 6.28. The molecule has 3 rings (SSSR count). The number of aromatic nitrogens is 1. The largest absolute Gasteiger partial charge is 0.497 e. The highest BCUT2D eigenvalue weighted by Gasteiger charge is 2.21. The monoisotopic (exact) mass is 300 g/mol. The molecule has 1 aliphatic rings. The smallest absolute Gasteiger partial charge is 0.194 e. The SMILES string of the molecule is COc1ccc2[nH]c(C)c(CN3CCCC[C@@H]3C)c(=O)c2c1. The average Bonchev–Trinajstić information content (AvgIpc) is 2.53. The molecule has 1 fully saturated rings. The number of nitrogens with zero attached hydrogens (tertiary/aromatic N) is 1. The van der Waals surface area contributed by atoms with Gasteiger partial charge in [0.15, 0.2) is 5.43 Å². The van der Waals surface area contributed by atoms with Gasteiger partial charge in [-0.25, -0.2) is 0 Å². The molecule has 0 unspecified atom stereocenters. The zero-order chi connectivity index (χ0) is 15.7. The van der Waals surface area contributed by atoms with Gasteiger partial charge in [-0.3, -0.25) is 9.69 Å². The first-order valence-electron chi connectivity index (χ1n) is 8.03. The van der Waals surface area contributed by atoms with Crippen molar-refractivity contribution in [1.29, 1.82) is 0 Å². The van der Waals surface area contributed by atoms with Gasteiger partial charge in [0.25, 0.3) is 0 Å². The van der Waals surface area contributed by atoms with Gasteiger partial charge in [0.05, 0.1) is 7.11 Å². The number of pyridine rings is 1. The summed E-state index contributed by atoms with van der Waals surface area (Å²) in [5.41, 5.74) is 2.86. The van der Waals surface area contributed by atoms with Crippen LogP contribution in [0.5, 0.6) is 5.75 Å². The highest BCUT2D eigenvalue weighted by atomic mass is 16.5. The topological polar surface area (TPSA) is 45.3 Å². The number of aromatic amines is 1. The number of H-pyrrole nitrogens is 1. The molecule has 0 saturated carbocycles. The third kappa shape index (κ3) is 2.75. The number of hydrogen-bond acceptors (Lipinski definition) is 3. The zero-order valence-electron chi connectivity index (χ0n) is 13.6. The van der Waals surface area contributed by atoms with E-state index in [1.54, 1.807) is 7.11 Å². The van der Waals surface area contributed by atoms with E-state index in [0.717, 1.165) is 35.6 Å². The number of fused-ring (bicyclic) bond motifs is 1. The number of rotatable bonds is 3. The van der Waals surface area contributed by atoms with Gasteiger partial charge >= 0.3 is 0 Å². The molecule has 0 aliphatic carbocycles. The van der Waals surface area contributed by atoms with Gasteiger partial charge in [-0.15, -0.1) is 0 Å². The van der Waals surface area contributed by atoms with E-state index in [-0.39, 0.29) is 5.43 Å². The molecule has 1 N–H and O–H groups in total. The maximum absolute atomic E-state index is 12.9. The van der Waals surface area contributed by atoms with Gasteiger partial charge in [-0.2, -0.15) is 0 Å². The van der Waals surface area contributed by atoms with E-state index in [9.17, 15) is 4.79 Å². The van der Waals surface area contributed by atoms with Crippen LogP contribution in [0.25, 0.3) is 10.9 Å². The number of nitrogens with one attached hydrogen (secondary N) is 1. The van der Waals surface area contributed by atoms with E-state index >= 15 is 0 Å². The van der Waals surface area contributed by atoms with E-state index in [1.807, 2.05) is 25.1 Å². The summed E-state index contributed by atoms with van der Waals surface area (Å²) in [6.45, 7) is 6.06. The Kier molecular flexibility index (Phi) is 4.21. The Hall–Kier alpha value is -1.81. The molecular weight excluding hydrogens is 276 g/mol. The third-order valence-corrected chi connectivity index (χ3v) is 4.82. The number of aryl methyl sites for hydroxylation is 1. The normalized spacial score (nSPS) is 19.5. The van der Waals surface area contributed by atoms with Crippen molar-refractivity contribution in [2.75, 3.05) is 13.7 Å². The van der Waals surface area contributed by atoms with Crippen LogP contribution in [0.1, 0.15) is 37.4 Å². The van der Waals surface area contributed by atoms with Crippen molar-refractivity contribution in [3.63, 3.8) is 0 Å². The van der Waals surface area contributed by atoms with Gasteiger partial charge in [0.2, 0.25) is 0 Å². The summed E-state index contributed by atoms with van der Waals surface area (Å²) >= 11 is 0. The molecule has 2 aromatic rings. The Morgan fingerprint density at radius 2 is 2.18 bits per heavy atom. The predicted octanol–water partition coefficient (Wildman–Crippen LogP) is 3.22. The summed E-state index contributed by atoms with van der Waals surface area (Å²) in [7, 11) is 1.62. The second kappa shape index (κ2) is 6.13. The van der Waals surface area contributed by atoms with Crippen LogP contribution in [0.15, 0.2) is 23.0 Å². The van der Waals surface area contributed by atoms with Crippen LogP contribution in [0.3, 0.4) is 0 Å². The fourth-order valence-corrected chi connectivity index (χ4v) is 3.34. The minimum atomic E-state index is 0.128. The summed E-state index contributed by atoms with van der Waals surface area (Å²) in [6.07, 6.45) is 3.74. The van der Waals surface area contributed by atoms with Gasteiger partial charge in [-0.1, -0.05) is 6.42 Å². The molecular formula is C18H24N2O2. The molecule has 4 nitrogen and oxygen atoms in total. The Bertz CT molecular complexity index is 736. The van der Waals surface area contributed by atoms with Crippen LogP contribution >= 0.6 is 0 Å². The Morgan fingerprint density at radius 3 is 2.91 bits per heavy atom. The number of piperidine rings is 1. The van der Waals surface area contributed by atoms with Crippen LogP contribution in [0, 0.1) is 6.92 Å². The standard InChI is InChI=1S/C18H24N2O2/c1-12-6-4-5-9-20(12)11-16-13(2)19-17-8-7-14(22-3)10-15(17)18(16)21/h7-8,10,12H,4-6,9,11H2,1-3H3,(H,19,21)/t12-/m0/s1. The van der Waals surface area contributed by atoms with E-state index in [4.69, 9.17) is 4.74 Å². The molecule has 118 valence electrons. The summed E-state index contributed by atoms with van der Waals surface area (Å²) in [5, 5.41) is 0.713. The lowest BCUT2D eigenvalue weighted by Gasteiger charge is -2.33. The van der Waals surface area contributed by atoms with Crippen molar-refractivity contribution >= 4 is 10.9 Å². The first kappa shape index (κ1) is 15.1. The van der Waals surface area contributed by atoms with Crippen molar-refractivity contribution in [2.45, 2.75) is 45.7 Å². The molecule has 2 heterocycles. The van der Waals surface area contributed by atoms with Gasteiger partial charge in [-0.05, 0) is 51.4 Å². The Morgan fingerprint density at radius 1 is 1.36 bits per heavy atom. The zero-order valence-corrected chi connectivity index (χ0v) is 13.6. The van der Waals surface area contributed by atoms with E-state index < -0.39 is 0 Å². The van der Waals surface area contributed by atoms with Crippen LogP contribution in [0.2, 0.25) is 0 Å². The summed E-state index contributed by atoms with van der Waals surface area (Å²) in [5.74, 6) is 0.721. The second-order valence-corrected chi connectivity index (χ2v) is 6.28. The summed E-state index contributed by atoms with van der Waals surface area (Å²) in [6, 6.07) is 6.17. The number of methoxy groups -OCH3 is 1. The van der Waals surface area contributed by atoms with Gasteiger partial charge in [0.1, 0.15) is 5.75 Å². The highest BCUT2D eigenvalue weighted by molar-refractivity contribution is 5.81. The molecule has 1 atom stereocenters. The van der Waals surface area contributed by atoms with Crippen molar-refractivity contribution in [2.24, 2.45) is 0 Å². The van der Waals surface area contributed by atoms with E-state index in [2.05, 4.69) is 16.8 Å². The molecule has 1 aromatic heterocycles. The van der Waals surface area contributed by atoms with E-state index in [0.29, 0.717) is 11.4 Å². The Labute approximate surface area is 131 Å². The lowest BCUT2D eigenvalue weighted by atomic mass is 10.0. The summed E-state index contributed by atoms with van der Waals surface area (Å²) < 4.78 is 5.25. The lowest BCUT2D eigenvalue weighted by molar-refractivity contribution is 0.152. The van der Waals surface area contributed by atoms with Crippen LogP contribution < -0.4 is 10.2 Å². The summed E-state index contributed by atoms with van der Waals surface area (Å²) in [4.78, 5) is 18.7. The Balaban J connectivity index is 2.03. The predicted molar refractivity (Wildman–Crippen MR) is 89.6 cm³/mol. The van der Waals surface area contributed by atoms with Crippen LogP contribution in [-0.2, 0) is 6.54 Å². The fraction of sp³-hybridized carbons (Fsp3) is 0.500. The number of ether oxygens (including phenoxy) is 1. The molecule has 22 heavy (non-hydrogen) atoms. The molecule has 0 spiro atoms. The molecule has 0 bridgehead atoms. The van der Waals surface area contributed by atoms with Crippen LogP contribution in [0.4, 0.5) is 0 Å². The fourth-order valence-electron chi connectivity index (χ4n) is 3.34. The maximum atomic E-state index is 12.9. The van der Waals surface area contributed by atoms with Crippen molar-refractivity contribution in [3.8, 4) is 5.75 Å². The highest BCUT2D eigenvalue weighted by Crippen LogP contribution is 2.22. The molecule has 1 aliphatic heterocycles. The molecule has 4 heteroatoms. The van der Waals surface area contributed by atoms with Crippen molar-refractivity contribution < 1.29 is 4.74 Å². The maximum Gasteiger partial charge on any atom is 0.194 e. The van der Waals surface area contributed by atoms with E-state index in [1.165, 1.54) is 19.3 Å². The minimum Gasteiger partial charge on any atom is -0.497 e.